The lowest BCUT2D eigenvalue weighted by Crippen LogP contribution is -2.40. The van der Waals surface area contributed by atoms with Crippen molar-refractivity contribution in [2.24, 2.45) is 23.0 Å². The van der Waals surface area contributed by atoms with E-state index in [0.29, 0.717) is 5.41 Å². The molecule has 2 unspecified atom stereocenters. The van der Waals surface area contributed by atoms with Gasteiger partial charge in [-0.25, -0.2) is 0 Å². The standard InChI is InChI=1S/C16H31N/c1-4-13-5-8-15(2,11-13)12-14-6-9-16(3,17)10-7-14/h13-14H,4-12,17H2,1-3H3. The Morgan fingerprint density at radius 2 is 1.59 bits per heavy atom. The molecule has 0 aromatic carbocycles. The molecular weight excluding hydrogens is 206 g/mol. The lowest BCUT2D eigenvalue weighted by Gasteiger charge is -2.38. The van der Waals surface area contributed by atoms with Gasteiger partial charge in [-0.3, -0.25) is 0 Å². The minimum Gasteiger partial charge on any atom is -0.325 e. The van der Waals surface area contributed by atoms with Gasteiger partial charge in [-0.1, -0.05) is 20.3 Å². The van der Waals surface area contributed by atoms with Crippen LogP contribution in [0.4, 0.5) is 0 Å². The Bertz CT molecular complexity index is 248. The first-order chi connectivity index (χ1) is 7.92. The first-order valence-corrected chi connectivity index (χ1v) is 7.71. The van der Waals surface area contributed by atoms with Crippen molar-refractivity contribution >= 4 is 0 Å². The van der Waals surface area contributed by atoms with E-state index in [1.807, 2.05) is 0 Å². The Labute approximate surface area is 108 Å². The van der Waals surface area contributed by atoms with Crippen molar-refractivity contribution < 1.29 is 0 Å². The molecule has 17 heavy (non-hydrogen) atoms. The van der Waals surface area contributed by atoms with E-state index in [1.165, 1.54) is 57.8 Å². The average Bonchev–Trinajstić information content (AvgIpc) is 2.64. The lowest BCUT2D eigenvalue weighted by atomic mass is 9.70. The minimum absolute atomic E-state index is 0.138. The maximum Gasteiger partial charge on any atom is 0.0126 e. The van der Waals surface area contributed by atoms with Gasteiger partial charge in [0, 0.05) is 5.54 Å². The van der Waals surface area contributed by atoms with E-state index < -0.39 is 0 Å². The van der Waals surface area contributed by atoms with Gasteiger partial charge >= 0.3 is 0 Å². The van der Waals surface area contributed by atoms with E-state index in [-0.39, 0.29) is 5.54 Å². The molecule has 1 heteroatoms. The molecule has 0 bridgehead atoms. The number of hydrogen-bond acceptors (Lipinski definition) is 1. The van der Waals surface area contributed by atoms with Crippen molar-refractivity contribution in [2.45, 2.75) is 84.1 Å². The molecule has 2 aliphatic rings. The van der Waals surface area contributed by atoms with Crippen LogP contribution in [0.3, 0.4) is 0 Å². The molecule has 2 saturated carbocycles. The summed E-state index contributed by atoms with van der Waals surface area (Å²) < 4.78 is 0. The largest absolute Gasteiger partial charge is 0.325 e. The summed E-state index contributed by atoms with van der Waals surface area (Å²) >= 11 is 0. The van der Waals surface area contributed by atoms with Crippen molar-refractivity contribution in [1.82, 2.24) is 0 Å². The molecule has 2 N–H and O–H groups in total. The van der Waals surface area contributed by atoms with Gasteiger partial charge in [-0.2, -0.15) is 0 Å². The maximum absolute atomic E-state index is 6.22. The molecule has 0 heterocycles. The Balaban J connectivity index is 1.82. The zero-order chi connectivity index (χ0) is 12.5. The summed E-state index contributed by atoms with van der Waals surface area (Å²) in [5.74, 6) is 1.98. The van der Waals surface area contributed by atoms with Crippen LogP contribution in [-0.4, -0.2) is 5.54 Å². The molecule has 0 aromatic rings. The summed E-state index contributed by atoms with van der Waals surface area (Å²) in [7, 11) is 0. The van der Waals surface area contributed by atoms with Crippen molar-refractivity contribution in [2.75, 3.05) is 0 Å². The lowest BCUT2D eigenvalue weighted by molar-refractivity contribution is 0.170. The molecule has 2 fully saturated rings. The number of rotatable bonds is 3. The Morgan fingerprint density at radius 3 is 2.12 bits per heavy atom. The predicted molar refractivity (Wildman–Crippen MR) is 74.9 cm³/mol. The van der Waals surface area contributed by atoms with Crippen LogP contribution >= 0.6 is 0 Å². The molecule has 0 amide bonds. The third-order valence-electron chi connectivity index (χ3n) is 5.54. The van der Waals surface area contributed by atoms with Crippen LogP contribution in [0.1, 0.15) is 78.6 Å². The van der Waals surface area contributed by atoms with Crippen molar-refractivity contribution in [1.29, 1.82) is 0 Å². The number of nitrogens with two attached hydrogens (primary N) is 1. The van der Waals surface area contributed by atoms with E-state index in [2.05, 4.69) is 20.8 Å². The molecule has 1 nitrogen and oxygen atoms in total. The zero-order valence-electron chi connectivity index (χ0n) is 12.1. The second-order valence-corrected chi connectivity index (χ2v) is 7.63. The summed E-state index contributed by atoms with van der Waals surface area (Å²) in [4.78, 5) is 0. The molecule has 0 aromatic heterocycles. The van der Waals surface area contributed by atoms with Crippen LogP contribution in [0.15, 0.2) is 0 Å². The van der Waals surface area contributed by atoms with E-state index in [9.17, 15) is 0 Å². The van der Waals surface area contributed by atoms with Gasteiger partial charge in [0.15, 0.2) is 0 Å². The molecule has 2 rings (SSSR count). The van der Waals surface area contributed by atoms with Crippen LogP contribution in [0.25, 0.3) is 0 Å². The van der Waals surface area contributed by atoms with Crippen LogP contribution < -0.4 is 5.73 Å². The SMILES string of the molecule is CCC1CCC(C)(CC2CCC(C)(N)CC2)C1. The highest BCUT2D eigenvalue weighted by Crippen LogP contribution is 2.49. The molecule has 2 aliphatic carbocycles. The highest BCUT2D eigenvalue weighted by Gasteiger charge is 2.37. The molecule has 2 atom stereocenters. The van der Waals surface area contributed by atoms with E-state index in [0.717, 1.165) is 11.8 Å². The van der Waals surface area contributed by atoms with Gasteiger partial charge in [0.05, 0.1) is 0 Å². The first kappa shape index (κ1) is 13.4. The fourth-order valence-corrected chi connectivity index (χ4v) is 4.23. The van der Waals surface area contributed by atoms with Crippen molar-refractivity contribution in [3.05, 3.63) is 0 Å². The van der Waals surface area contributed by atoms with E-state index in [1.54, 1.807) is 0 Å². The molecule has 0 saturated heterocycles. The topological polar surface area (TPSA) is 26.0 Å². The van der Waals surface area contributed by atoms with Gasteiger partial charge in [0.1, 0.15) is 0 Å². The van der Waals surface area contributed by atoms with Crippen molar-refractivity contribution in [3.63, 3.8) is 0 Å². The molecule has 0 radical (unpaired) electrons. The van der Waals surface area contributed by atoms with Gasteiger partial charge in [0.25, 0.3) is 0 Å². The number of hydrogen-bond donors (Lipinski definition) is 1. The third-order valence-corrected chi connectivity index (χ3v) is 5.54. The first-order valence-electron chi connectivity index (χ1n) is 7.71. The van der Waals surface area contributed by atoms with Gasteiger partial charge in [0.2, 0.25) is 0 Å². The molecule has 0 spiro atoms. The van der Waals surface area contributed by atoms with Gasteiger partial charge in [-0.05, 0) is 75.5 Å². The predicted octanol–water partition coefficient (Wildman–Crippen LogP) is 4.50. The molecule has 100 valence electrons. The summed E-state index contributed by atoms with van der Waals surface area (Å²) in [5, 5.41) is 0. The Kier molecular flexibility index (Phi) is 3.87. The zero-order valence-corrected chi connectivity index (χ0v) is 12.1. The van der Waals surface area contributed by atoms with Gasteiger partial charge in [-0.15, -0.1) is 0 Å². The summed E-state index contributed by atoms with van der Waals surface area (Å²) in [5.41, 5.74) is 7.02. The van der Waals surface area contributed by atoms with Crippen LogP contribution in [0.5, 0.6) is 0 Å². The Morgan fingerprint density at radius 1 is 1.00 bits per heavy atom. The summed E-state index contributed by atoms with van der Waals surface area (Å²) in [6, 6.07) is 0. The highest BCUT2D eigenvalue weighted by molar-refractivity contribution is 4.91. The maximum atomic E-state index is 6.22. The van der Waals surface area contributed by atoms with Crippen LogP contribution in [0.2, 0.25) is 0 Å². The Hall–Kier alpha value is -0.0400. The van der Waals surface area contributed by atoms with Gasteiger partial charge < -0.3 is 5.73 Å². The van der Waals surface area contributed by atoms with E-state index in [4.69, 9.17) is 5.73 Å². The minimum atomic E-state index is 0.138. The fraction of sp³-hybridized carbons (Fsp3) is 1.00. The monoisotopic (exact) mass is 237 g/mol. The van der Waals surface area contributed by atoms with Crippen LogP contribution in [-0.2, 0) is 0 Å². The summed E-state index contributed by atoms with van der Waals surface area (Å²) in [6.07, 6.45) is 12.5. The normalized spacial score (nSPS) is 47.3. The third kappa shape index (κ3) is 3.47. The molecular formula is C16H31N. The second kappa shape index (κ2) is 4.91. The molecule has 0 aliphatic heterocycles. The highest BCUT2D eigenvalue weighted by atomic mass is 14.7. The quantitative estimate of drug-likeness (QED) is 0.768. The van der Waals surface area contributed by atoms with E-state index >= 15 is 0 Å². The fourth-order valence-electron chi connectivity index (χ4n) is 4.23. The second-order valence-electron chi connectivity index (χ2n) is 7.63. The van der Waals surface area contributed by atoms with Crippen LogP contribution in [0, 0.1) is 17.3 Å². The smallest absolute Gasteiger partial charge is 0.0126 e. The van der Waals surface area contributed by atoms with Crippen molar-refractivity contribution in [3.8, 4) is 0 Å². The average molecular weight is 237 g/mol. The summed E-state index contributed by atoms with van der Waals surface area (Å²) in [6.45, 7) is 7.13.